The summed E-state index contributed by atoms with van der Waals surface area (Å²) in [6, 6.07) is -0.400. The van der Waals surface area contributed by atoms with Crippen LogP contribution in [0.15, 0.2) is 0 Å². The molecule has 5 heteroatoms. The summed E-state index contributed by atoms with van der Waals surface area (Å²) in [4.78, 5) is 26.0. The maximum absolute atomic E-state index is 12.3. The number of likely N-dealkylation sites (tertiary alicyclic amines) is 1. The molecule has 0 aromatic heterocycles. The average molecular weight is 267 g/mol. The number of hydrogen-bond acceptors (Lipinski definition) is 3. The molecule has 1 heterocycles. The summed E-state index contributed by atoms with van der Waals surface area (Å²) < 4.78 is 0. The first-order valence-corrected chi connectivity index (χ1v) is 7.12. The number of nitrogens with two attached hydrogens (primary N) is 1. The lowest BCUT2D eigenvalue weighted by Gasteiger charge is -2.41. The van der Waals surface area contributed by atoms with Crippen molar-refractivity contribution < 1.29 is 9.59 Å². The number of likely N-dealkylation sites (N-methyl/N-ethyl adjacent to an activating group) is 1. The van der Waals surface area contributed by atoms with Crippen molar-refractivity contribution >= 4 is 11.8 Å². The Morgan fingerprint density at radius 3 is 2.53 bits per heavy atom. The van der Waals surface area contributed by atoms with Crippen molar-refractivity contribution in [2.24, 2.45) is 23.0 Å². The Labute approximate surface area is 114 Å². The Kier molecular flexibility index (Phi) is 3.85. The zero-order chi connectivity index (χ0) is 14.2. The van der Waals surface area contributed by atoms with Gasteiger partial charge in [0.1, 0.15) is 6.04 Å². The fraction of sp³-hybridized carbons (Fsp3) is 0.857. The summed E-state index contributed by atoms with van der Waals surface area (Å²) in [5.41, 5.74) is 5.77. The molecule has 1 aliphatic heterocycles. The Hall–Kier alpha value is -1.10. The van der Waals surface area contributed by atoms with E-state index in [9.17, 15) is 9.59 Å². The van der Waals surface area contributed by atoms with Crippen LogP contribution in [0.5, 0.6) is 0 Å². The molecule has 2 atom stereocenters. The van der Waals surface area contributed by atoms with Crippen LogP contribution < -0.4 is 11.1 Å². The normalized spacial score (nSPS) is 29.5. The Morgan fingerprint density at radius 1 is 1.42 bits per heavy atom. The van der Waals surface area contributed by atoms with Crippen LogP contribution in [0.25, 0.3) is 0 Å². The quantitative estimate of drug-likeness (QED) is 0.771. The molecule has 0 aromatic rings. The highest BCUT2D eigenvalue weighted by Crippen LogP contribution is 2.54. The topological polar surface area (TPSA) is 75.4 Å². The maximum atomic E-state index is 12.3. The van der Waals surface area contributed by atoms with Crippen molar-refractivity contribution in [3.8, 4) is 0 Å². The van der Waals surface area contributed by atoms with Gasteiger partial charge in [-0.3, -0.25) is 14.5 Å². The molecule has 108 valence electrons. The van der Waals surface area contributed by atoms with Gasteiger partial charge in [0.25, 0.3) is 0 Å². The van der Waals surface area contributed by atoms with Crippen molar-refractivity contribution in [2.45, 2.75) is 39.2 Å². The van der Waals surface area contributed by atoms with Gasteiger partial charge in [-0.25, -0.2) is 0 Å². The molecule has 1 spiro atoms. The smallest absolute Gasteiger partial charge is 0.238 e. The lowest BCUT2D eigenvalue weighted by molar-refractivity contribution is -0.138. The second-order valence-corrected chi connectivity index (χ2v) is 6.71. The molecule has 1 aliphatic carbocycles. The van der Waals surface area contributed by atoms with Gasteiger partial charge in [0, 0.05) is 13.1 Å². The molecule has 2 amide bonds. The molecular weight excluding hydrogens is 242 g/mol. The van der Waals surface area contributed by atoms with Crippen LogP contribution in [-0.4, -0.2) is 42.9 Å². The summed E-state index contributed by atoms with van der Waals surface area (Å²) in [6.07, 6.45) is 3.08. The van der Waals surface area contributed by atoms with Crippen molar-refractivity contribution in [3.63, 3.8) is 0 Å². The number of amides is 2. The summed E-state index contributed by atoms with van der Waals surface area (Å²) in [7, 11) is 1.93. The summed E-state index contributed by atoms with van der Waals surface area (Å²) in [5.74, 6) is -0.355. The highest BCUT2D eigenvalue weighted by molar-refractivity contribution is 5.89. The molecule has 0 aromatic carbocycles. The van der Waals surface area contributed by atoms with Crippen LogP contribution in [0.1, 0.15) is 33.1 Å². The van der Waals surface area contributed by atoms with Gasteiger partial charge in [0.15, 0.2) is 0 Å². The fourth-order valence-electron chi connectivity index (χ4n) is 3.16. The molecule has 2 aliphatic rings. The first-order chi connectivity index (χ1) is 8.84. The van der Waals surface area contributed by atoms with E-state index in [1.165, 1.54) is 0 Å². The van der Waals surface area contributed by atoms with Gasteiger partial charge in [-0.1, -0.05) is 13.8 Å². The molecular formula is C14H25N3O2. The van der Waals surface area contributed by atoms with Crippen molar-refractivity contribution in [3.05, 3.63) is 0 Å². The van der Waals surface area contributed by atoms with E-state index in [1.807, 2.05) is 11.9 Å². The van der Waals surface area contributed by atoms with E-state index in [0.29, 0.717) is 12.5 Å². The third kappa shape index (κ3) is 3.08. The number of piperidine rings is 1. The van der Waals surface area contributed by atoms with Crippen molar-refractivity contribution in [1.82, 2.24) is 10.2 Å². The van der Waals surface area contributed by atoms with Gasteiger partial charge >= 0.3 is 0 Å². The van der Waals surface area contributed by atoms with Gasteiger partial charge in [-0.05, 0) is 37.6 Å². The van der Waals surface area contributed by atoms with Gasteiger partial charge in [0.2, 0.25) is 11.8 Å². The summed E-state index contributed by atoms with van der Waals surface area (Å²) >= 11 is 0. The Balaban J connectivity index is 2.07. The van der Waals surface area contributed by atoms with Crippen LogP contribution in [0.3, 0.4) is 0 Å². The summed E-state index contributed by atoms with van der Waals surface area (Å²) in [6.45, 7) is 5.64. The SMILES string of the molecule is CC(C)CNC(=O)C1C(C(N)=O)CC2(CC2)CN1C. The number of primary amides is 1. The third-order valence-corrected chi connectivity index (χ3v) is 4.37. The predicted molar refractivity (Wildman–Crippen MR) is 73.2 cm³/mol. The largest absolute Gasteiger partial charge is 0.369 e. The molecule has 1 saturated carbocycles. The van der Waals surface area contributed by atoms with Crippen LogP contribution >= 0.6 is 0 Å². The van der Waals surface area contributed by atoms with E-state index in [1.54, 1.807) is 0 Å². The highest BCUT2D eigenvalue weighted by atomic mass is 16.2. The molecule has 5 nitrogen and oxygen atoms in total. The minimum atomic E-state index is -0.400. The highest BCUT2D eigenvalue weighted by Gasteiger charge is 2.53. The van der Waals surface area contributed by atoms with E-state index in [2.05, 4.69) is 19.2 Å². The number of nitrogens with one attached hydrogen (secondary N) is 1. The van der Waals surface area contributed by atoms with Crippen LogP contribution in [0.4, 0.5) is 0 Å². The molecule has 2 rings (SSSR count). The number of hydrogen-bond donors (Lipinski definition) is 2. The minimum absolute atomic E-state index is 0.0597. The zero-order valence-electron chi connectivity index (χ0n) is 12.1. The number of carbonyl (C=O) groups excluding carboxylic acids is 2. The summed E-state index contributed by atoms with van der Waals surface area (Å²) in [5, 5.41) is 2.93. The second-order valence-electron chi connectivity index (χ2n) is 6.71. The zero-order valence-corrected chi connectivity index (χ0v) is 12.1. The molecule has 1 saturated heterocycles. The standard InChI is InChI=1S/C14H25N3O2/c1-9(2)7-16-13(19)11-10(12(15)18)6-14(4-5-14)8-17(11)3/h9-11H,4-8H2,1-3H3,(H2,15,18)(H,16,19). The second kappa shape index (κ2) is 5.12. The molecule has 2 unspecified atom stereocenters. The number of nitrogens with zero attached hydrogens (tertiary/aromatic N) is 1. The van der Waals surface area contributed by atoms with E-state index in [0.717, 1.165) is 25.8 Å². The molecule has 19 heavy (non-hydrogen) atoms. The number of rotatable bonds is 4. The average Bonchev–Trinajstić information content (AvgIpc) is 3.04. The van der Waals surface area contributed by atoms with Crippen molar-refractivity contribution in [1.29, 1.82) is 0 Å². The first kappa shape index (κ1) is 14.3. The fourth-order valence-corrected chi connectivity index (χ4v) is 3.16. The Bertz CT molecular complexity index is 377. The van der Waals surface area contributed by atoms with Gasteiger partial charge in [-0.2, -0.15) is 0 Å². The third-order valence-electron chi connectivity index (χ3n) is 4.37. The minimum Gasteiger partial charge on any atom is -0.369 e. The van der Waals surface area contributed by atoms with Crippen LogP contribution in [-0.2, 0) is 9.59 Å². The van der Waals surface area contributed by atoms with Crippen LogP contribution in [0.2, 0.25) is 0 Å². The lowest BCUT2D eigenvalue weighted by Crippen LogP contribution is -2.58. The predicted octanol–water partition coefficient (Wildman–Crippen LogP) is 0.344. The van der Waals surface area contributed by atoms with E-state index in [-0.39, 0.29) is 23.1 Å². The monoisotopic (exact) mass is 267 g/mol. The maximum Gasteiger partial charge on any atom is 0.238 e. The van der Waals surface area contributed by atoms with E-state index in [4.69, 9.17) is 5.73 Å². The molecule has 3 N–H and O–H groups in total. The molecule has 0 radical (unpaired) electrons. The van der Waals surface area contributed by atoms with Gasteiger partial charge in [0.05, 0.1) is 5.92 Å². The number of carbonyl (C=O) groups is 2. The van der Waals surface area contributed by atoms with Crippen molar-refractivity contribution in [2.75, 3.05) is 20.1 Å². The molecule has 2 fully saturated rings. The van der Waals surface area contributed by atoms with Gasteiger partial charge in [-0.15, -0.1) is 0 Å². The van der Waals surface area contributed by atoms with E-state index < -0.39 is 6.04 Å². The van der Waals surface area contributed by atoms with E-state index >= 15 is 0 Å². The lowest BCUT2D eigenvalue weighted by atomic mass is 9.80. The van der Waals surface area contributed by atoms with Gasteiger partial charge < -0.3 is 11.1 Å². The molecule has 0 bridgehead atoms. The van der Waals surface area contributed by atoms with Crippen LogP contribution in [0, 0.1) is 17.3 Å². The first-order valence-electron chi connectivity index (χ1n) is 7.12. The Morgan fingerprint density at radius 2 is 2.05 bits per heavy atom.